The number of anilines is 2. The number of hydrogen-bond donors (Lipinski definition) is 1. The van der Waals surface area contributed by atoms with Crippen LogP contribution < -0.4 is 15.0 Å². The first-order valence-electron chi connectivity index (χ1n) is 8.73. The predicted octanol–water partition coefficient (Wildman–Crippen LogP) is 3.78. The minimum Gasteiger partial charge on any atom is -0.497 e. The van der Waals surface area contributed by atoms with Gasteiger partial charge >= 0.3 is 0 Å². The van der Waals surface area contributed by atoms with Crippen molar-refractivity contribution in [3.05, 3.63) is 54.1 Å². The molecule has 0 bridgehead atoms. The van der Waals surface area contributed by atoms with E-state index in [0.29, 0.717) is 0 Å². The summed E-state index contributed by atoms with van der Waals surface area (Å²) in [6, 6.07) is 16.7. The van der Waals surface area contributed by atoms with E-state index >= 15 is 0 Å². The maximum atomic E-state index is 5.61. The molecule has 1 fully saturated rings. The van der Waals surface area contributed by atoms with Gasteiger partial charge < -0.3 is 19.9 Å². The Balaban J connectivity index is 1.57. The molecule has 3 rings (SSSR count). The Kier molecular flexibility index (Phi) is 5.76. The number of ether oxygens (including phenoxy) is 1. The van der Waals surface area contributed by atoms with Gasteiger partial charge in [-0.3, -0.25) is 0 Å². The third-order valence-electron chi connectivity index (χ3n) is 4.57. The number of aryl methyl sites for hydroxylation is 1. The molecule has 2 aromatic carbocycles. The van der Waals surface area contributed by atoms with Crippen LogP contribution >= 0.6 is 12.2 Å². The second kappa shape index (κ2) is 8.21. The Hall–Kier alpha value is -2.27. The quantitative estimate of drug-likeness (QED) is 0.843. The average molecular weight is 356 g/mol. The molecule has 25 heavy (non-hydrogen) atoms. The van der Waals surface area contributed by atoms with E-state index in [1.54, 1.807) is 7.11 Å². The van der Waals surface area contributed by atoms with Crippen LogP contribution in [0.3, 0.4) is 0 Å². The van der Waals surface area contributed by atoms with Crippen molar-refractivity contribution in [2.75, 3.05) is 43.5 Å². The summed E-state index contributed by atoms with van der Waals surface area (Å²) in [6.07, 6.45) is 1.03. The molecule has 0 spiro atoms. The van der Waals surface area contributed by atoms with Crippen LogP contribution in [0.15, 0.2) is 48.5 Å². The summed E-state index contributed by atoms with van der Waals surface area (Å²) in [7, 11) is 1.70. The second-order valence-electron chi connectivity index (χ2n) is 6.16. The minimum atomic E-state index is 0.804. The van der Waals surface area contributed by atoms with Crippen LogP contribution in [-0.2, 0) is 6.42 Å². The van der Waals surface area contributed by atoms with Gasteiger partial charge in [0.15, 0.2) is 5.11 Å². The number of nitrogens with one attached hydrogen (secondary N) is 1. The lowest BCUT2D eigenvalue weighted by Gasteiger charge is -2.37. The SMILES string of the molecule is CCc1cccc(NC(=S)N2CCN(c3cccc(OC)c3)CC2)c1. The molecule has 1 heterocycles. The van der Waals surface area contributed by atoms with E-state index in [2.05, 4.69) is 58.4 Å². The number of methoxy groups -OCH3 is 1. The number of rotatable bonds is 4. The van der Waals surface area contributed by atoms with E-state index in [4.69, 9.17) is 17.0 Å². The number of hydrogen-bond acceptors (Lipinski definition) is 3. The fourth-order valence-electron chi connectivity index (χ4n) is 3.05. The van der Waals surface area contributed by atoms with Crippen LogP contribution in [0.5, 0.6) is 5.75 Å². The number of thiocarbonyl (C=S) groups is 1. The van der Waals surface area contributed by atoms with E-state index in [0.717, 1.165) is 49.1 Å². The van der Waals surface area contributed by atoms with Crippen molar-refractivity contribution in [1.29, 1.82) is 0 Å². The molecule has 5 heteroatoms. The molecule has 0 amide bonds. The van der Waals surface area contributed by atoms with Crippen LogP contribution in [0, 0.1) is 0 Å². The molecule has 132 valence electrons. The van der Waals surface area contributed by atoms with Gasteiger partial charge in [0.2, 0.25) is 0 Å². The van der Waals surface area contributed by atoms with Crippen LogP contribution in [0.1, 0.15) is 12.5 Å². The molecule has 1 aliphatic heterocycles. The largest absolute Gasteiger partial charge is 0.497 e. The van der Waals surface area contributed by atoms with Gasteiger partial charge in [-0.15, -0.1) is 0 Å². The van der Waals surface area contributed by atoms with E-state index in [-0.39, 0.29) is 0 Å². The van der Waals surface area contributed by atoms with Crippen LogP contribution in [0.25, 0.3) is 0 Å². The van der Waals surface area contributed by atoms with Crippen molar-refractivity contribution in [2.45, 2.75) is 13.3 Å². The van der Waals surface area contributed by atoms with Gasteiger partial charge in [-0.05, 0) is 48.5 Å². The highest BCUT2D eigenvalue weighted by atomic mass is 32.1. The van der Waals surface area contributed by atoms with Crippen molar-refractivity contribution in [3.8, 4) is 5.75 Å². The molecular weight excluding hydrogens is 330 g/mol. The summed E-state index contributed by atoms with van der Waals surface area (Å²) >= 11 is 5.61. The van der Waals surface area contributed by atoms with Crippen molar-refractivity contribution in [3.63, 3.8) is 0 Å². The topological polar surface area (TPSA) is 27.7 Å². The highest BCUT2D eigenvalue weighted by Gasteiger charge is 2.19. The lowest BCUT2D eigenvalue weighted by atomic mass is 10.1. The number of benzene rings is 2. The van der Waals surface area contributed by atoms with Gasteiger partial charge in [0.05, 0.1) is 7.11 Å². The minimum absolute atomic E-state index is 0.804. The van der Waals surface area contributed by atoms with Crippen molar-refractivity contribution in [2.24, 2.45) is 0 Å². The van der Waals surface area contributed by atoms with Crippen molar-refractivity contribution >= 4 is 28.7 Å². The molecule has 0 radical (unpaired) electrons. The molecule has 0 aliphatic carbocycles. The fourth-order valence-corrected chi connectivity index (χ4v) is 3.35. The lowest BCUT2D eigenvalue weighted by molar-refractivity contribution is 0.389. The summed E-state index contributed by atoms with van der Waals surface area (Å²) in [5, 5.41) is 4.18. The maximum Gasteiger partial charge on any atom is 0.173 e. The van der Waals surface area contributed by atoms with Crippen LogP contribution in [0.4, 0.5) is 11.4 Å². The molecule has 1 N–H and O–H groups in total. The molecule has 0 atom stereocenters. The molecule has 0 saturated carbocycles. The summed E-state index contributed by atoms with van der Waals surface area (Å²) in [6.45, 7) is 5.89. The van der Waals surface area contributed by atoms with Crippen molar-refractivity contribution < 1.29 is 4.74 Å². The maximum absolute atomic E-state index is 5.61. The molecule has 1 saturated heterocycles. The Morgan fingerprint density at radius 2 is 1.84 bits per heavy atom. The molecule has 0 unspecified atom stereocenters. The van der Waals surface area contributed by atoms with Gasteiger partial charge in [-0.2, -0.15) is 0 Å². The van der Waals surface area contributed by atoms with Gasteiger partial charge in [0, 0.05) is 43.6 Å². The predicted molar refractivity (Wildman–Crippen MR) is 109 cm³/mol. The highest BCUT2D eigenvalue weighted by Crippen LogP contribution is 2.22. The zero-order chi connectivity index (χ0) is 17.6. The Bertz CT molecular complexity index is 726. The molecule has 0 aromatic heterocycles. The Morgan fingerprint density at radius 3 is 2.56 bits per heavy atom. The second-order valence-corrected chi connectivity index (χ2v) is 6.55. The Labute approximate surface area is 155 Å². The van der Waals surface area contributed by atoms with Crippen LogP contribution in [-0.4, -0.2) is 43.3 Å². The Morgan fingerprint density at radius 1 is 1.08 bits per heavy atom. The van der Waals surface area contributed by atoms with E-state index in [1.807, 2.05) is 12.1 Å². The summed E-state index contributed by atoms with van der Waals surface area (Å²) in [5.74, 6) is 0.896. The molecule has 2 aromatic rings. The first kappa shape index (κ1) is 17.5. The smallest absolute Gasteiger partial charge is 0.173 e. The third-order valence-corrected chi connectivity index (χ3v) is 4.93. The fraction of sp³-hybridized carbons (Fsp3) is 0.350. The van der Waals surface area contributed by atoms with E-state index < -0.39 is 0 Å². The first-order chi connectivity index (χ1) is 12.2. The summed E-state index contributed by atoms with van der Waals surface area (Å²) in [4.78, 5) is 4.62. The summed E-state index contributed by atoms with van der Waals surface area (Å²) in [5.41, 5.74) is 3.59. The lowest BCUT2D eigenvalue weighted by Crippen LogP contribution is -2.50. The number of piperazine rings is 1. The highest BCUT2D eigenvalue weighted by molar-refractivity contribution is 7.80. The van der Waals surface area contributed by atoms with E-state index in [9.17, 15) is 0 Å². The zero-order valence-electron chi connectivity index (χ0n) is 14.9. The van der Waals surface area contributed by atoms with Gasteiger partial charge in [0.25, 0.3) is 0 Å². The first-order valence-corrected chi connectivity index (χ1v) is 9.14. The summed E-state index contributed by atoms with van der Waals surface area (Å²) < 4.78 is 5.32. The number of nitrogens with zero attached hydrogens (tertiary/aromatic N) is 2. The van der Waals surface area contributed by atoms with Crippen LogP contribution in [0.2, 0.25) is 0 Å². The standard InChI is InChI=1S/C20H25N3OS/c1-3-16-6-4-7-17(14-16)21-20(25)23-12-10-22(11-13-23)18-8-5-9-19(15-18)24-2/h4-9,14-15H,3,10-13H2,1-2H3,(H,21,25). The van der Waals surface area contributed by atoms with Gasteiger partial charge in [-0.1, -0.05) is 25.1 Å². The molecule has 1 aliphatic rings. The third kappa shape index (κ3) is 4.42. The monoisotopic (exact) mass is 355 g/mol. The van der Waals surface area contributed by atoms with Gasteiger partial charge in [-0.25, -0.2) is 0 Å². The van der Waals surface area contributed by atoms with Crippen molar-refractivity contribution in [1.82, 2.24) is 4.90 Å². The molecule has 4 nitrogen and oxygen atoms in total. The van der Waals surface area contributed by atoms with Gasteiger partial charge in [0.1, 0.15) is 5.75 Å². The zero-order valence-corrected chi connectivity index (χ0v) is 15.7. The average Bonchev–Trinajstić information content (AvgIpc) is 2.68. The normalized spacial score (nSPS) is 14.3. The van der Waals surface area contributed by atoms with E-state index in [1.165, 1.54) is 11.3 Å². The molecular formula is C20H25N3OS.